The molecule has 27 heteroatoms. The molecule has 0 saturated heterocycles. The maximum absolute atomic E-state index is 14.8. The molecule has 3 heterocycles. The lowest BCUT2D eigenvalue weighted by molar-refractivity contribution is -0.134. The Labute approximate surface area is 652 Å². The molecule has 27 nitrogen and oxygen atoms in total. The van der Waals surface area contributed by atoms with Crippen molar-refractivity contribution in [2.24, 2.45) is 17.2 Å². The van der Waals surface area contributed by atoms with Crippen LogP contribution in [0.25, 0.3) is 32.7 Å². The number of unbranched alkanes of at least 4 members (excludes halogenated alkanes) is 3. The summed E-state index contributed by atoms with van der Waals surface area (Å²) in [5.74, 6) is -2.83. The van der Waals surface area contributed by atoms with Crippen LogP contribution < -0.4 is 63.3 Å². The van der Waals surface area contributed by atoms with Crippen molar-refractivity contribution in [3.05, 3.63) is 179 Å². The van der Waals surface area contributed by atoms with Gasteiger partial charge in [-0.05, 0) is 244 Å². The molecule has 0 spiro atoms. The number of H-pyrrole nitrogens is 3. The number of aromatic amines is 3. The van der Waals surface area contributed by atoms with Crippen LogP contribution in [0.3, 0.4) is 0 Å². The van der Waals surface area contributed by atoms with Gasteiger partial charge in [-0.25, -0.2) is 14.4 Å². The SMILES string of the molecule is COc1ccc2[nH]cc(CC(=O)[C@](N)(CCCCNC(=O)OC(C)(C)C)C(=O)Nc3ccc(C(c4ccc(NC(=O)[C@@](N)(CCCCNC(=O)OC(C)(C)C)C(=O)Cc5c[nH]c6ccc(OC)cc56)cc4)c4ccc(NC(=O)[C@@](N)(CCCCNC(=O)OC(C)(C)C)C(=O)Cc5c[nH]c6ccc(OC)cc56)cc4)cc3)c2c1. The van der Waals surface area contributed by atoms with Crippen molar-refractivity contribution in [1.29, 1.82) is 0 Å². The van der Waals surface area contributed by atoms with E-state index in [1.165, 1.54) is 0 Å². The summed E-state index contributed by atoms with van der Waals surface area (Å²) in [4.78, 5) is 136. The topological polar surface area (TPSA) is 407 Å². The third kappa shape index (κ3) is 22.4. The average molecular weight is 1540 g/mol. The second kappa shape index (κ2) is 36.5. The highest BCUT2D eigenvalue weighted by Gasteiger charge is 2.44. The van der Waals surface area contributed by atoms with Gasteiger partial charge in [0.1, 0.15) is 34.1 Å². The van der Waals surface area contributed by atoms with Crippen molar-refractivity contribution >= 4 is 103 Å². The molecule has 0 aliphatic rings. The Bertz CT molecular complexity index is 4360. The fourth-order valence-corrected chi connectivity index (χ4v) is 13.1. The summed E-state index contributed by atoms with van der Waals surface area (Å²) in [6, 6.07) is 37.2. The van der Waals surface area contributed by atoms with Gasteiger partial charge in [0.05, 0.1) is 21.3 Å². The zero-order chi connectivity index (χ0) is 81.3. The highest BCUT2D eigenvalue weighted by Crippen LogP contribution is 2.37. The molecule has 3 aromatic heterocycles. The number of ether oxygens (including phenoxy) is 6. The molecule has 3 atom stereocenters. The van der Waals surface area contributed by atoms with Crippen molar-refractivity contribution in [1.82, 2.24) is 30.9 Å². The Kier molecular flexibility index (Phi) is 27.5. The number of alkyl carbamates (subject to hydrolysis) is 3. The van der Waals surface area contributed by atoms with Crippen LogP contribution in [0.4, 0.5) is 31.4 Å². The first kappa shape index (κ1) is 84.5. The number of amides is 6. The minimum atomic E-state index is -2.06. The number of ketones is 3. The van der Waals surface area contributed by atoms with Gasteiger partial charge in [0.15, 0.2) is 34.0 Å². The quantitative estimate of drug-likeness (QED) is 0.00751. The van der Waals surface area contributed by atoms with Crippen LogP contribution >= 0.6 is 0 Å². The van der Waals surface area contributed by atoms with E-state index in [1.54, 1.807) is 211 Å². The maximum atomic E-state index is 14.8. The van der Waals surface area contributed by atoms with E-state index in [2.05, 4.69) is 46.9 Å². The summed E-state index contributed by atoms with van der Waals surface area (Å²) >= 11 is 0. The molecule has 9 aromatic rings. The smallest absolute Gasteiger partial charge is 0.407 e. The first-order valence-corrected chi connectivity index (χ1v) is 37.5. The van der Waals surface area contributed by atoms with Crippen molar-refractivity contribution in [3.63, 3.8) is 0 Å². The summed E-state index contributed by atoms with van der Waals surface area (Å²) in [5.41, 5.74) is 19.8. The number of fused-ring (bicyclic) bond motifs is 3. The highest BCUT2D eigenvalue weighted by atomic mass is 16.6. The number of carbonyl (C=O) groups excluding carboxylic acids is 9. The monoisotopic (exact) mass is 1530 g/mol. The standard InChI is InChI=1S/C85H106N12O15/c1-80(2,3)110-77(104)89-40-16-13-37-83(86,70(98)43-55-49-92-67-34-31-61(107-10)46-64(55)67)74(101)95-58-25-19-52(20-26-58)73(53-21-27-59(28-22-53)96-75(102)84(87,38-14-17-41-90-78(105)111-81(4,5)6)71(99)44-56-50-93-68-35-32-62(108-11)47-65(56)68)54-23-29-60(30-24-54)97-76(103)85(88,39-15-18-42-91-79(106)112-82(7,8)9)72(100)45-57-51-94-69-36-33-63(109-12)48-66(57)69/h19-36,46-51,73,92-94H,13-18,37-45,86-88H2,1-12H3,(H,89,104)(H,90,105)(H,91,106)(H,95,101)(H,96,102)(H,97,103)/t83-,84-,85-/m1/s1. The highest BCUT2D eigenvalue weighted by molar-refractivity contribution is 6.18. The lowest BCUT2D eigenvalue weighted by Crippen LogP contribution is -2.58. The van der Waals surface area contributed by atoms with E-state index >= 15 is 0 Å². The van der Waals surface area contributed by atoms with E-state index < -0.39 is 92.7 Å². The number of hydrogen-bond acceptors (Lipinski definition) is 18. The Balaban J connectivity index is 1.01. The van der Waals surface area contributed by atoms with Gasteiger partial charge in [0.25, 0.3) is 17.7 Å². The molecule has 0 unspecified atom stereocenters. The maximum Gasteiger partial charge on any atom is 0.407 e. The molecule has 0 saturated carbocycles. The van der Waals surface area contributed by atoms with Gasteiger partial charge in [-0.15, -0.1) is 0 Å². The van der Waals surface area contributed by atoms with Crippen LogP contribution in [-0.4, -0.2) is 143 Å². The fraction of sp³-hybridized carbons (Fsp3) is 0.400. The van der Waals surface area contributed by atoms with Gasteiger partial charge in [-0.2, -0.15) is 0 Å². The molecule has 6 amide bonds. The van der Waals surface area contributed by atoms with E-state index in [9.17, 15) is 43.2 Å². The summed E-state index contributed by atoms with van der Waals surface area (Å²) in [6.07, 6.45) is 4.34. The Hall–Kier alpha value is -11.6. The lowest BCUT2D eigenvalue weighted by atomic mass is 9.83. The number of nitrogens with two attached hydrogens (primary N) is 3. The Morgan fingerprint density at radius 3 is 0.839 bits per heavy atom. The predicted octanol–water partition coefficient (Wildman–Crippen LogP) is 12.8. The van der Waals surface area contributed by atoms with Gasteiger partial charge >= 0.3 is 18.3 Å². The summed E-state index contributed by atoms with van der Waals surface area (Å²) < 4.78 is 32.6. The first-order chi connectivity index (χ1) is 53.0. The molecule has 6 aromatic carbocycles. The van der Waals surface area contributed by atoms with E-state index in [4.69, 9.17) is 45.6 Å². The van der Waals surface area contributed by atoms with Gasteiger partial charge in [-0.3, -0.25) is 28.8 Å². The number of hydrogen-bond donors (Lipinski definition) is 12. The Morgan fingerprint density at radius 2 is 0.607 bits per heavy atom. The minimum absolute atomic E-state index is 0.0796. The molecule has 596 valence electrons. The van der Waals surface area contributed by atoms with Gasteiger partial charge in [-0.1, -0.05) is 36.4 Å². The number of benzene rings is 6. The van der Waals surface area contributed by atoms with Crippen molar-refractivity contribution in [2.45, 2.75) is 179 Å². The van der Waals surface area contributed by atoms with Crippen LogP contribution in [0.5, 0.6) is 17.2 Å². The third-order valence-electron chi connectivity index (χ3n) is 19.2. The molecule has 0 bridgehead atoms. The van der Waals surface area contributed by atoms with Crippen LogP contribution in [0, 0.1) is 0 Å². The van der Waals surface area contributed by atoms with E-state index in [0.29, 0.717) is 87.0 Å². The molecular weight excluding hydrogens is 1430 g/mol. The van der Waals surface area contributed by atoms with Crippen molar-refractivity contribution in [3.8, 4) is 17.2 Å². The zero-order valence-corrected chi connectivity index (χ0v) is 65.9. The number of anilines is 3. The summed E-state index contributed by atoms with van der Waals surface area (Å²) in [5, 5.41) is 19.1. The molecular formula is C85H106N12O15. The minimum Gasteiger partial charge on any atom is -0.497 e. The zero-order valence-electron chi connectivity index (χ0n) is 65.9. The fourth-order valence-electron chi connectivity index (χ4n) is 13.1. The molecule has 0 aliphatic heterocycles. The van der Waals surface area contributed by atoms with Crippen LogP contribution in [0.1, 0.15) is 159 Å². The van der Waals surface area contributed by atoms with Crippen molar-refractivity contribution < 1.29 is 71.6 Å². The number of Topliss-reactive ketones (excluding diaryl/α,β-unsaturated/α-hetero) is 3. The van der Waals surface area contributed by atoms with E-state index in [0.717, 1.165) is 32.7 Å². The number of carbonyl (C=O) groups is 9. The second-order valence-corrected chi connectivity index (χ2v) is 31.2. The molecule has 9 rings (SSSR count). The normalized spacial score (nSPS) is 13.4. The molecule has 0 aliphatic carbocycles. The Morgan fingerprint density at radius 1 is 0.357 bits per heavy atom. The number of nitrogens with one attached hydrogen (secondary N) is 9. The lowest BCUT2D eigenvalue weighted by Gasteiger charge is -2.28. The molecule has 0 fully saturated rings. The molecule has 0 radical (unpaired) electrons. The third-order valence-corrected chi connectivity index (χ3v) is 19.2. The van der Waals surface area contributed by atoms with Crippen LogP contribution in [0.15, 0.2) is 146 Å². The van der Waals surface area contributed by atoms with Crippen LogP contribution in [-0.2, 0) is 62.2 Å². The summed E-state index contributed by atoms with van der Waals surface area (Å²) in [6.45, 7) is 16.4. The van der Waals surface area contributed by atoms with Crippen molar-refractivity contribution in [2.75, 3.05) is 56.9 Å². The largest absolute Gasteiger partial charge is 0.497 e. The number of methoxy groups -OCH3 is 3. The second-order valence-electron chi connectivity index (χ2n) is 31.2. The van der Waals surface area contributed by atoms with Gasteiger partial charge < -0.3 is 92.5 Å². The molecule has 112 heavy (non-hydrogen) atoms. The first-order valence-electron chi connectivity index (χ1n) is 37.5. The number of aromatic nitrogens is 3. The number of rotatable bonds is 36. The van der Waals surface area contributed by atoms with Gasteiger partial charge in [0, 0.05) is 113 Å². The average Bonchev–Trinajstić information content (AvgIpc) is 1.56. The molecule has 15 N–H and O–H groups in total. The van der Waals surface area contributed by atoms with E-state index in [-0.39, 0.29) is 77.4 Å². The van der Waals surface area contributed by atoms with E-state index in [1.807, 2.05) is 18.2 Å². The predicted molar refractivity (Wildman–Crippen MR) is 432 cm³/mol. The van der Waals surface area contributed by atoms with Gasteiger partial charge in [0.2, 0.25) is 0 Å². The van der Waals surface area contributed by atoms with Crippen LogP contribution in [0.2, 0.25) is 0 Å². The summed E-state index contributed by atoms with van der Waals surface area (Å²) in [7, 11) is 4.62.